The molecule has 0 spiro atoms. The molecule has 0 unspecified atom stereocenters. The van der Waals surface area contributed by atoms with Crippen LogP contribution in [0, 0.1) is 6.92 Å². The fourth-order valence-electron chi connectivity index (χ4n) is 3.07. The molecule has 0 N–H and O–H groups in total. The topological polar surface area (TPSA) is 49.6 Å². The lowest BCUT2D eigenvalue weighted by Crippen LogP contribution is -2.48. The maximum absolute atomic E-state index is 12.5. The van der Waals surface area contributed by atoms with Crippen molar-refractivity contribution in [2.24, 2.45) is 0 Å². The highest BCUT2D eigenvalue weighted by atomic mass is 32.1. The van der Waals surface area contributed by atoms with E-state index in [0.29, 0.717) is 11.3 Å². The van der Waals surface area contributed by atoms with E-state index in [9.17, 15) is 4.79 Å². The number of hydrogen-bond acceptors (Lipinski definition) is 5. The van der Waals surface area contributed by atoms with Crippen molar-refractivity contribution >= 4 is 27.5 Å². The van der Waals surface area contributed by atoms with Gasteiger partial charge in [0.1, 0.15) is 10.8 Å². The maximum Gasteiger partial charge on any atom is 0.257 e. The summed E-state index contributed by atoms with van der Waals surface area (Å²) in [5, 5.41) is 1.14. The molecule has 0 bridgehead atoms. The molecule has 1 saturated heterocycles. The summed E-state index contributed by atoms with van der Waals surface area (Å²) >= 11 is 1.75. The molecule has 0 aliphatic carbocycles. The Morgan fingerprint density at radius 3 is 2.71 bits per heavy atom. The molecule has 1 aliphatic heterocycles. The first-order valence-electron chi connectivity index (χ1n) is 8.11. The van der Waals surface area contributed by atoms with Gasteiger partial charge in [-0.05, 0) is 25.1 Å². The van der Waals surface area contributed by atoms with Crippen molar-refractivity contribution in [3.8, 4) is 0 Å². The van der Waals surface area contributed by atoms with Gasteiger partial charge in [-0.2, -0.15) is 0 Å². The molecule has 6 heteroatoms. The Hall–Kier alpha value is -2.18. The van der Waals surface area contributed by atoms with Gasteiger partial charge in [0.2, 0.25) is 0 Å². The van der Waals surface area contributed by atoms with Crippen molar-refractivity contribution in [1.29, 1.82) is 0 Å². The number of thiazole rings is 1. The fraction of sp³-hybridized carbons (Fsp3) is 0.333. The quantitative estimate of drug-likeness (QED) is 0.734. The highest BCUT2D eigenvalue weighted by molar-refractivity contribution is 7.18. The van der Waals surface area contributed by atoms with Gasteiger partial charge in [-0.25, -0.2) is 4.98 Å². The summed E-state index contributed by atoms with van der Waals surface area (Å²) < 4.78 is 6.47. The van der Waals surface area contributed by atoms with Crippen molar-refractivity contribution in [3.63, 3.8) is 0 Å². The smallest absolute Gasteiger partial charge is 0.257 e. The monoisotopic (exact) mass is 341 g/mol. The molecule has 24 heavy (non-hydrogen) atoms. The molecule has 0 saturated carbocycles. The number of para-hydroxylation sites is 1. The van der Waals surface area contributed by atoms with E-state index in [4.69, 9.17) is 9.40 Å². The van der Waals surface area contributed by atoms with Gasteiger partial charge in [0.25, 0.3) is 5.91 Å². The lowest BCUT2D eigenvalue weighted by molar-refractivity contribution is 0.0627. The van der Waals surface area contributed by atoms with Gasteiger partial charge >= 0.3 is 0 Å². The number of carbonyl (C=O) groups excluding carboxylic acids is 1. The summed E-state index contributed by atoms with van der Waals surface area (Å²) in [4.78, 5) is 21.5. The number of piperazine rings is 1. The number of benzene rings is 1. The minimum absolute atomic E-state index is 0.0703. The first-order chi connectivity index (χ1) is 11.7. The van der Waals surface area contributed by atoms with Gasteiger partial charge in [0, 0.05) is 26.2 Å². The molecular formula is C18H19N3O2S. The van der Waals surface area contributed by atoms with Crippen LogP contribution in [0.2, 0.25) is 0 Å². The Kier molecular flexibility index (Phi) is 4.08. The molecule has 1 aromatic carbocycles. The van der Waals surface area contributed by atoms with E-state index in [1.165, 1.54) is 4.70 Å². The number of carbonyl (C=O) groups is 1. The molecule has 3 aromatic rings. The summed E-state index contributed by atoms with van der Waals surface area (Å²) in [6.07, 6.45) is 1.58. The average Bonchev–Trinajstić information content (AvgIpc) is 3.20. The molecule has 4 rings (SSSR count). The van der Waals surface area contributed by atoms with Crippen LogP contribution in [0.3, 0.4) is 0 Å². The van der Waals surface area contributed by atoms with Gasteiger partial charge < -0.3 is 9.32 Å². The van der Waals surface area contributed by atoms with Crippen LogP contribution in [0.5, 0.6) is 0 Å². The van der Waals surface area contributed by atoms with Crippen molar-refractivity contribution < 1.29 is 9.21 Å². The summed E-state index contributed by atoms with van der Waals surface area (Å²) in [6, 6.07) is 9.99. The zero-order valence-corrected chi connectivity index (χ0v) is 14.4. The first-order valence-corrected chi connectivity index (χ1v) is 8.92. The zero-order chi connectivity index (χ0) is 16.5. The molecule has 0 atom stereocenters. The second-order valence-corrected chi connectivity index (χ2v) is 7.15. The van der Waals surface area contributed by atoms with E-state index in [1.807, 2.05) is 24.0 Å². The molecule has 0 radical (unpaired) electrons. The SMILES string of the molecule is Cc1occc1C(=O)N1CCN(Cc2nc3ccccc3s2)CC1. The predicted octanol–water partition coefficient (Wildman–Crippen LogP) is 3.16. The molecule has 2 aromatic heterocycles. The number of hydrogen-bond donors (Lipinski definition) is 0. The lowest BCUT2D eigenvalue weighted by Gasteiger charge is -2.34. The van der Waals surface area contributed by atoms with Gasteiger partial charge in [-0.1, -0.05) is 12.1 Å². The standard InChI is InChI=1S/C18H19N3O2S/c1-13-14(6-11-23-13)18(22)21-9-7-20(8-10-21)12-17-19-15-4-2-3-5-16(15)24-17/h2-6,11H,7-10,12H2,1H3. The second-order valence-electron chi connectivity index (χ2n) is 6.03. The molecule has 124 valence electrons. The zero-order valence-electron chi connectivity index (χ0n) is 13.6. The number of aryl methyl sites for hydroxylation is 1. The number of aromatic nitrogens is 1. The van der Waals surface area contributed by atoms with Crippen LogP contribution >= 0.6 is 11.3 Å². The van der Waals surface area contributed by atoms with E-state index in [2.05, 4.69) is 17.0 Å². The van der Waals surface area contributed by atoms with Crippen LogP contribution in [0.1, 0.15) is 21.1 Å². The normalized spacial score (nSPS) is 16.0. The predicted molar refractivity (Wildman–Crippen MR) is 94.2 cm³/mol. The van der Waals surface area contributed by atoms with E-state index in [0.717, 1.165) is 43.2 Å². The van der Waals surface area contributed by atoms with Crippen molar-refractivity contribution in [3.05, 3.63) is 52.9 Å². The van der Waals surface area contributed by atoms with Crippen LogP contribution in [-0.4, -0.2) is 46.9 Å². The maximum atomic E-state index is 12.5. The van der Waals surface area contributed by atoms with Crippen LogP contribution in [0.25, 0.3) is 10.2 Å². The Morgan fingerprint density at radius 1 is 1.21 bits per heavy atom. The number of fused-ring (bicyclic) bond motifs is 1. The molecule has 5 nitrogen and oxygen atoms in total. The lowest BCUT2D eigenvalue weighted by atomic mass is 10.2. The summed E-state index contributed by atoms with van der Waals surface area (Å²) in [5.74, 6) is 0.762. The first kappa shape index (κ1) is 15.4. The molecular weight excluding hydrogens is 322 g/mol. The Bertz CT molecular complexity index is 829. The van der Waals surface area contributed by atoms with E-state index in [-0.39, 0.29) is 5.91 Å². The third-order valence-corrected chi connectivity index (χ3v) is 5.47. The Balaban J connectivity index is 1.37. The van der Waals surface area contributed by atoms with E-state index < -0.39 is 0 Å². The number of nitrogens with zero attached hydrogens (tertiary/aromatic N) is 3. The summed E-state index contributed by atoms with van der Waals surface area (Å²) in [6.45, 7) is 5.92. The highest BCUT2D eigenvalue weighted by Crippen LogP contribution is 2.23. The summed E-state index contributed by atoms with van der Waals surface area (Å²) in [5.41, 5.74) is 1.75. The number of amides is 1. The molecule has 1 aliphatic rings. The third kappa shape index (κ3) is 2.95. The van der Waals surface area contributed by atoms with Gasteiger partial charge in [0.05, 0.1) is 28.6 Å². The minimum Gasteiger partial charge on any atom is -0.469 e. The van der Waals surface area contributed by atoms with Crippen LogP contribution in [0.4, 0.5) is 0 Å². The second kappa shape index (κ2) is 6.37. The minimum atomic E-state index is 0.0703. The molecule has 1 amide bonds. The molecule has 1 fully saturated rings. The Morgan fingerprint density at radius 2 is 2.00 bits per heavy atom. The van der Waals surface area contributed by atoms with Crippen LogP contribution in [0.15, 0.2) is 41.0 Å². The van der Waals surface area contributed by atoms with Gasteiger partial charge in [0.15, 0.2) is 0 Å². The van der Waals surface area contributed by atoms with Crippen LogP contribution < -0.4 is 0 Å². The Labute approximate surface area is 144 Å². The average molecular weight is 341 g/mol. The molecule has 3 heterocycles. The number of rotatable bonds is 3. The van der Waals surface area contributed by atoms with Gasteiger partial charge in [-0.15, -0.1) is 11.3 Å². The van der Waals surface area contributed by atoms with Crippen LogP contribution in [-0.2, 0) is 6.54 Å². The van der Waals surface area contributed by atoms with Crippen molar-refractivity contribution in [1.82, 2.24) is 14.8 Å². The largest absolute Gasteiger partial charge is 0.469 e. The number of furan rings is 1. The van der Waals surface area contributed by atoms with Crippen molar-refractivity contribution in [2.75, 3.05) is 26.2 Å². The third-order valence-electron chi connectivity index (χ3n) is 4.45. The summed E-state index contributed by atoms with van der Waals surface area (Å²) in [7, 11) is 0. The van der Waals surface area contributed by atoms with E-state index in [1.54, 1.807) is 23.7 Å². The van der Waals surface area contributed by atoms with Gasteiger partial charge in [-0.3, -0.25) is 9.69 Å². The van der Waals surface area contributed by atoms with E-state index >= 15 is 0 Å². The highest BCUT2D eigenvalue weighted by Gasteiger charge is 2.24. The fourth-order valence-corrected chi connectivity index (χ4v) is 4.07. The van der Waals surface area contributed by atoms with Crippen molar-refractivity contribution in [2.45, 2.75) is 13.5 Å².